The fourth-order valence-corrected chi connectivity index (χ4v) is 3.69. The number of hydrogen-bond donors (Lipinski definition) is 2. The van der Waals surface area contributed by atoms with Crippen molar-refractivity contribution in [2.24, 2.45) is 0 Å². The molecule has 3 rings (SSSR count). The lowest BCUT2D eigenvalue weighted by molar-refractivity contribution is 0.127. The maximum Gasteiger partial charge on any atom is 0.122 e. The van der Waals surface area contributed by atoms with Crippen LogP contribution in [0.3, 0.4) is 0 Å². The second kappa shape index (κ2) is 8.30. The molecule has 1 aliphatic carbocycles. The van der Waals surface area contributed by atoms with E-state index in [0.29, 0.717) is 13.0 Å². The van der Waals surface area contributed by atoms with Gasteiger partial charge in [-0.25, -0.2) is 4.39 Å². The number of aliphatic hydroxyl groups is 1. The summed E-state index contributed by atoms with van der Waals surface area (Å²) in [4.78, 5) is 0. The summed E-state index contributed by atoms with van der Waals surface area (Å²) in [7, 11) is 1.80. The average molecular weight is 416 g/mol. The molecule has 0 spiro atoms. The van der Waals surface area contributed by atoms with Crippen molar-refractivity contribution in [2.75, 3.05) is 13.6 Å². The molecule has 2 unspecified atom stereocenters. The Hall–Kier alpha value is -1.14. The Morgan fingerprint density at radius 3 is 2.92 bits per heavy atom. The van der Waals surface area contributed by atoms with Crippen LogP contribution in [0.25, 0.3) is 10.9 Å². The van der Waals surface area contributed by atoms with Gasteiger partial charge in [-0.2, -0.15) is 0 Å². The second-order valence-electron chi connectivity index (χ2n) is 5.81. The molecule has 3 atom stereocenters. The molecule has 1 aromatic heterocycles. The molecule has 2 N–H and O–H groups in total. The standard InChI is InChI=1S/C18H20BrFN2O.ClH/c1-21-11-17(23)18(12-4-2-5-13(20)10-12)22-9-8-14-15(19)6-3-7-16(14)22;/h2-9,13,17-18,21,23H,10-11H2,1H3;1H/t13?,17?,18-;/m0./s1. The quantitative estimate of drug-likeness (QED) is 0.769. The average Bonchev–Trinajstić information content (AvgIpc) is 2.93. The van der Waals surface area contributed by atoms with Crippen molar-refractivity contribution in [3.8, 4) is 0 Å². The van der Waals surface area contributed by atoms with Gasteiger partial charge in [-0.3, -0.25) is 0 Å². The highest BCUT2D eigenvalue weighted by Crippen LogP contribution is 2.34. The minimum atomic E-state index is -0.993. The van der Waals surface area contributed by atoms with Crippen LogP contribution in [0.4, 0.5) is 4.39 Å². The summed E-state index contributed by atoms with van der Waals surface area (Å²) in [5.74, 6) is 0. The van der Waals surface area contributed by atoms with E-state index in [1.165, 1.54) is 0 Å². The Morgan fingerprint density at radius 1 is 1.42 bits per heavy atom. The number of aliphatic hydroxyl groups excluding tert-OH is 1. The summed E-state index contributed by atoms with van der Waals surface area (Å²) in [6.45, 7) is 0.441. The van der Waals surface area contributed by atoms with Crippen molar-refractivity contribution in [3.63, 3.8) is 0 Å². The van der Waals surface area contributed by atoms with Crippen molar-refractivity contribution in [2.45, 2.75) is 24.7 Å². The molecule has 1 aromatic carbocycles. The first-order chi connectivity index (χ1) is 11.1. The van der Waals surface area contributed by atoms with Crippen LogP contribution in [0.1, 0.15) is 12.5 Å². The molecule has 0 fully saturated rings. The van der Waals surface area contributed by atoms with Gasteiger partial charge >= 0.3 is 0 Å². The monoisotopic (exact) mass is 414 g/mol. The fourth-order valence-electron chi connectivity index (χ4n) is 3.21. The number of nitrogens with one attached hydrogen (secondary N) is 1. The van der Waals surface area contributed by atoms with Gasteiger partial charge in [0.15, 0.2) is 0 Å². The smallest absolute Gasteiger partial charge is 0.122 e. The summed E-state index contributed by atoms with van der Waals surface area (Å²) in [6, 6.07) is 7.71. The van der Waals surface area contributed by atoms with Gasteiger partial charge in [0, 0.05) is 34.5 Å². The summed E-state index contributed by atoms with van der Waals surface area (Å²) >= 11 is 3.56. The number of fused-ring (bicyclic) bond motifs is 1. The third-order valence-electron chi connectivity index (χ3n) is 4.23. The lowest BCUT2D eigenvalue weighted by Gasteiger charge is -2.29. The number of aromatic nitrogens is 1. The molecule has 0 aliphatic heterocycles. The first-order valence-corrected chi connectivity index (χ1v) is 8.50. The van der Waals surface area contributed by atoms with Crippen molar-refractivity contribution in [3.05, 3.63) is 58.7 Å². The summed E-state index contributed by atoms with van der Waals surface area (Å²) in [5, 5.41) is 14.8. The molecule has 0 radical (unpaired) electrons. The molecule has 2 aromatic rings. The van der Waals surface area contributed by atoms with E-state index >= 15 is 0 Å². The highest BCUT2D eigenvalue weighted by atomic mass is 79.9. The van der Waals surface area contributed by atoms with E-state index in [1.807, 2.05) is 41.1 Å². The van der Waals surface area contributed by atoms with Crippen LogP contribution in [-0.4, -0.2) is 35.5 Å². The second-order valence-corrected chi connectivity index (χ2v) is 6.67. The van der Waals surface area contributed by atoms with Crippen LogP contribution in [0.5, 0.6) is 0 Å². The van der Waals surface area contributed by atoms with Gasteiger partial charge in [-0.15, -0.1) is 12.4 Å². The van der Waals surface area contributed by atoms with E-state index in [2.05, 4.69) is 21.2 Å². The molecular weight excluding hydrogens is 395 g/mol. The zero-order chi connectivity index (χ0) is 16.4. The number of alkyl halides is 1. The Morgan fingerprint density at radius 2 is 2.21 bits per heavy atom. The molecule has 6 heteroatoms. The first-order valence-electron chi connectivity index (χ1n) is 7.71. The molecule has 1 heterocycles. The van der Waals surface area contributed by atoms with Gasteiger partial charge in [0.05, 0.1) is 12.1 Å². The Kier molecular flexibility index (Phi) is 6.63. The number of likely N-dealkylation sites (N-methyl/N-ethyl adjacent to an activating group) is 1. The van der Waals surface area contributed by atoms with Gasteiger partial charge in [-0.05, 0) is 30.8 Å². The van der Waals surface area contributed by atoms with Crippen LogP contribution in [0.15, 0.2) is 58.7 Å². The van der Waals surface area contributed by atoms with E-state index in [4.69, 9.17) is 0 Å². The van der Waals surface area contributed by atoms with Gasteiger partial charge in [0.2, 0.25) is 0 Å². The molecular formula is C18H21BrClFN2O. The highest BCUT2D eigenvalue weighted by molar-refractivity contribution is 9.10. The van der Waals surface area contributed by atoms with Crippen molar-refractivity contribution < 1.29 is 9.50 Å². The van der Waals surface area contributed by atoms with E-state index < -0.39 is 12.3 Å². The maximum absolute atomic E-state index is 13.8. The van der Waals surface area contributed by atoms with Gasteiger partial charge in [0.25, 0.3) is 0 Å². The van der Waals surface area contributed by atoms with Crippen molar-refractivity contribution >= 4 is 39.2 Å². The Balaban J connectivity index is 0.00000208. The number of hydrogen-bond acceptors (Lipinski definition) is 2. The SMILES string of the molecule is CNCC(O)[C@H](C1=CC=CC(F)C1)n1ccc2c(Br)cccc21.Cl. The summed E-state index contributed by atoms with van der Waals surface area (Å²) < 4.78 is 16.9. The third-order valence-corrected chi connectivity index (χ3v) is 4.92. The molecule has 0 saturated carbocycles. The summed E-state index contributed by atoms with van der Waals surface area (Å²) in [6.07, 6.45) is 5.86. The van der Waals surface area contributed by atoms with E-state index in [-0.39, 0.29) is 18.4 Å². The summed E-state index contributed by atoms with van der Waals surface area (Å²) in [5.41, 5.74) is 1.92. The predicted octanol–water partition coefficient (Wildman–Crippen LogP) is 4.17. The minimum absolute atomic E-state index is 0. The van der Waals surface area contributed by atoms with Crippen LogP contribution in [0.2, 0.25) is 0 Å². The van der Waals surface area contributed by atoms with Gasteiger partial charge < -0.3 is 15.0 Å². The predicted molar refractivity (Wildman–Crippen MR) is 103 cm³/mol. The normalized spacial score (nSPS) is 19.7. The zero-order valence-electron chi connectivity index (χ0n) is 13.3. The fraction of sp³-hybridized carbons (Fsp3) is 0.333. The van der Waals surface area contributed by atoms with E-state index in [1.54, 1.807) is 19.2 Å². The number of rotatable bonds is 5. The van der Waals surface area contributed by atoms with Gasteiger partial charge in [-0.1, -0.05) is 40.2 Å². The topological polar surface area (TPSA) is 37.2 Å². The zero-order valence-corrected chi connectivity index (χ0v) is 15.7. The largest absolute Gasteiger partial charge is 0.389 e. The number of halogens is 3. The lowest BCUT2D eigenvalue weighted by Crippen LogP contribution is -2.34. The first kappa shape index (κ1) is 19.2. The van der Waals surface area contributed by atoms with Crippen molar-refractivity contribution in [1.29, 1.82) is 0 Å². The van der Waals surface area contributed by atoms with Crippen molar-refractivity contribution in [1.82, 2.24) is 9.88 Å². The van der Waals surface area contributed by atoms with E-state index in [9.17, 15) is 9.50 Å². The molecule has 1 aliphatic rings. The maximum atomic E-state index is 13.8. The van der Waals surface area contributed by atoms with Crippen LogP contribution in [0, 0.1) is 0 Å². The van der Waals surface area contributed by atoms with Gasteiger partial charge in [0.1, 0.15) is 6.17 Å². The molecule has 0 bridgehead atoms. The highest BCUT2D eigenvalue weighted by Gasteiger charge is 2.28. The number of allylic oxidation sites excluding steroid dienone is 3. The molecule has 3 nitrogen and oxygen atoms in total. The molecule has 0 amide bonds. The third kappa shape index (κ3) is 3.75. The molecule has 130 valence electrons. The molecule has 24 heavy (non-hydrogen) atoms. The number of nitrogens with zero attached hydrogens (tertiary/aromatic N) is 1. The molecule has 0 saturated heterocycles. The lowest BCUT2D eigenvalue weighted by atomic mass is 9.92. The Bertz CT molecular complexity index is 759. The van der Waals surface area contributed by atoms with Crippen LogP contribution in [-0.2, 0) is 0 Å². The minimum Gasteiger partial charge on any atom is -0.389 e. The van der Waals surface area contributed by atoms with Crippen LogP contribution < -0.4 is 5.32 Å². The Labute approximate surface area is 155 Å². The van der Waals surface area contributed by atoms with E-state index in [0.717, 1.165) is 20.9 Å². The number of benzene rings is 1. The van der Waals surface area contributed by atoms with Crippen LogP contribution >= 0.6 is 28.3 Å².